The molecule has 0 aliphatic carbocycles. The Hall–Kier alpha value is -2.66. The van der Waals surface area contributed by atoms with Crippen molar-refractivity contribution in [2.24, 2.45) is 5.73 Å². The van der Waals surface area contributed by atoms with Crippen LogP contribution >= 0.6 is 15.9 Å². The van der Waals surface area contributed by atoms with Gasteiger partial charge in [-0.05, 0) is 34.0 Å². The van der Waals surface area contributed by atoms with Crippen LogP contribution in [0.3, 0.4) is 0 Å². The van der Waals surface area contributed by atoms with E-state index in [1.807, 2.05) is 66.7 Å². The SMILES string of the molecule is NC(=O)[C@@H](Cc1cccc(Br)c1)NC(=O)Cc1ccc2ccccc2c1. The largest absolute Gasteiger partial charge is 0.368 e. The fraction of sp³-hybridized carbons (Fsp3) is 0.143. The van der Waals surface area contributed by atoms with Crippen molar-refractivity contribution >= 4 is 38.5 Å². The number of fused-ring (bicyclic) bond motifs is 1. The number of primary amides is 1. The highest BCUT2D eigenvalue weighted by atomic mass is 79.9. The van der Waals surface area contributed by atoms with Gasteiger partial charge in [0.05, 0.1) is 6.42 Å². The fourth-order valence-corrected chi connectivity index (χ4v) is 3.35. The lowest BCUT2D eigenvalue weighted by Crippen LogP contribution is -2.46. The first-order chi connectivity index (χ1) is 12.5. The molecule has 4 nitrogen and oxygen atoms in total. The lowest BCUT2D eigenvalue weighted by Gasteiger charge is -2.16. The molecule has 0 saturated heterocycles. The quantitative estimate of drug-likeness (QED) is 0.653. The highest BCUT2D eigenvalue weighted by Gasteiger charge is 2.19. The maximum absolute atomic E-state index is 12.4. The summed E-state index contributed by atoms with van der Waals surface area (Å²) in [4.78, 5) is 24.1. The summed E-state index contributed by atoms with van der Waals surface area (Å²) in [6.07, 6.45) is 0.561. The molecule has 132 valence electrons. The normalized spacial score (nSPS) is 11.9. The lowest BCUT2D eigenvalue weighted by molar-refractivity contribution is -0.127. The molecule has 0 aliphatic heterocycles. The molecule has 0 fully saturated rings. The van der Waals surface area contributed by atoms with Crippen LogP contribution < -0.4 is 11.1 Å². The van der Waals surface area contributed by atoms with E-state index in [1.54, 1.807) is 0 Å². The number of carbonyl (C=O) groups excluding carboxylic acids is 2. The molecular formula is C21H19BrN2O2. The van der Waals surface area contributed by atoms with Crippen molar-refractivity contribution in [2.75, 3.05) is 0 Å². The molecule has 0 unspecified atom stereocenters. The summed E-state index contributed by atoms with van der Waals surface area (Å²) in [6.45, 7) is 0. The van der Waals surface area contributed by atoms with Crippen LogP contribution in [0.5, 0.6) is 0 Å². The van der Waals surface area contributed by atoms with E-state index in [4.69, 9.17) is 5.73 Å². The third-order valence-corrected chi connectivity index (χ3v) is 4.68. The molecule has 0 bridgehead atoms. The molecule has 2 amide bonds. The minimum absolute atomic E-state index is 0.201. The van der Waals surface area contributed by atoms with Crippen LogP contribution in [0.25, 0.3) is 10.8 Å². The Labute approximate surface area is 160 Å². The first kappa shape index (κ1) is 18.1. The maximum Gasteiger partial charge on any atom is 0.240 e. The molecule has 26 heavy (non-hydrogen) atoms. The van der Waals surface area contributed by atoms with E-state index in [0.717, 1.165) is 26.4 Å². The second-order valence-electron chi connectivity index (χ2n) is 6.21. The number of nitrogens with one attached hydrogen (secondary N) is 1. The molecule has 5 heteroatoms. The standard InChI is InChI=1S/C21H19BrN2O2/c22-18-7-3-4-14(11-18)12-19(21(23)26)24-20(25)13-15-8-9-16-5-1-2-6-17(16)10-15/h1-11,19H,12-13H2,(H2,23,26)(H,24,25)/t19-/m1/s1. The summed E-state index contributed by atoms with van der Waals surface area (Å²) in [6, 6.07) is 20.7. The van der Waals surface area contributed by atoms with Gasteiger partial charge in [-0.15, -0.1) is 0 Å². The molecule has 0 radical (unpaired) electrons. The van der Waals surface area contributed by atoms with E-state index in [-0.39, 0.29) is 12.3 Å². The second kappa shape index (κ2) is 8.15. The molecular weight excluding hydrogens is 392 g/mol. The zero-order valence-corrected chi connectivity index (χ0v) is 15.7. The molecule has 3 aromatic carbocycles. The van der Waals surface area contributed by atoms with E-state index < -0.39 is 11.9 Å². The minimum Gasteiger partial charge on any atom is -0.368 e. The third-order valence-electron chi connectivity index (χ3n) is 4.19. The van der Waals surface area contributed by atoms with Gasteiger partial charge in [0.2, 0.25) is 11.8 Å². The van der Waals surface area contributed by atoms with E-state index >= 15 is 0 Å². The molecule has 3 aromatic rings. The Balaban J connectivity index is 1.68. The van der Waals surface area contributed by atoms with Gasteiger partial charge in [-0.1, -0.05) is 70.5 Å². The smallest absolute Gasteiger partial charge is 0.240 e. The molecule has 3 N–H and O–H groups in total. The van der Waals surface area contributed by atoms with Crippen LogP contribution in [-0.4, -0.2) is 17.9 Å². The predicted octanol–water partition coefficient (Wildman–Crippen LogP) is 3.36. The van der Waals surface area contributed by atoms with Crippen LogP contribution in [0, 0.1) is 0 Å². The Kier molecular flexibility index (Phi) is 5.68. The van der Waals surface area contributed by atoms with Crippen LogP contribution in [0.4, 0.5) is 0 Å². The molecule has 0 heterocycles. The average Bonchev–Trinajstić information content (AvgIpc) is 2.61. The number of benzene rings is 3. The number of hydrogen-bond acceptors (Lipinski definition) is 2. The van der Waals surface area contributed by atoms with Gasteiger partial charge in [-0.3, -0.25) is 9.59 Å². The van der Waals surface area contributed by atoms with Crippen molar-refractivity contribution in [3.63, 3.8) is 0 Å². The molecule has 3 rings (SSSR count). The Morgan fingerprint density at radius 1 is 0.923 bits per heavy atom. The molecule has 1 atom stereocenters. The van der Waals surface area contributed by atoms with E-state index in [2.05, 4.69) is 21.2 Å². The van der Waals surface area contributed by atoms with E-state index in [9.17, 15) is 9.59 Å². The lowest BCUT2D eigenvalue weighted by atomic mass is 10.0. The van der Waals surface area contributed by atoms with Crippen molar-refractivity contribution in [1.82, 2.24) is 5.32 Å². The van der Waals surface area contributed by atoms with Crippen molar-refractivity contribution < 1.29 is 9.59 Å². The number of hydrogen-bond donors (Lipinski definition) is 2. The number of nitrogens with two attached hydrogens (primary N) is 1. The molecule has 0 aromatic heterocycles. The van der Waals surface area contributed by atoms with Crippen LogP contribution in [0.1, 0.15) is 11.1 Å². The van der Waals surface area contributed by atoms with E-state index in [0.29, 0.717) is 6.42 Å². The minimum atomic E-state index is -0.739. The van der Waals surface area contributed by atoms with Gasteiger partial charge in [-0.2, -0.15) is 0 Å². The van der Waals surface area contributed by atoms with Crippen molar-refractivity contribution in [3.05, 3.63) is 82.3 Å². The summed E-state index contributed by atoms with van der Waals surface area (Å²) in [7, 11) is 0. The zero-order chi connectivity index (χ0) is 18.5. The second-order valence-corrected chi connectivity index (χ2v) is 7.13. The highest BCUT2D eigenvalue weighted by Crippen LogP contribution is 2.16. The average molecular weight is 411 g/mol. The Morgan fingerprint density at radius 3 is 2.42 bits per heavy atom. The first-order valence-electron chi connectivity index (χ1n) is 8.32. The third kappa shape index (κ3) is 4.70. The Bertz CT molecular complexity index is 955. The van der Waals surface area contributed by atoms with Crippen molar-refractivity contribution in [1.29, 1.82) is 0 Å². The number of carbonyl (C=O) groups is 2. The summed E-state index contributed by atoms with van der Waals surface area (Å²) in [5, 5.41) is 4.96. The van der Waals surface area contributed by atoms with Gasteiger partial charge in [-0.25, -0.2) is 0 Å². The van der Waals surface area contributed by atoms with Gasteiger partial charge in [0.1, 0.15) is 6.04 Å². The van der Waals surface area contributed by atoms with Crippen molar-refractivity contribution in [3.8, 4) is 0 Å². The van der Waals surface area contributed by atoms with Gasteiger partial charge in [0.15, 0.2) is 0 Å². The predicted molar refractivity (Wildman–Crippen MR) is 107 cm³/mol. The Morgan fingerprint density at radius 2 is 1.69 bits per heavy atom. The van der Waals surface area contributed by atoms with Gasteiger partial charge >= 0.3 is 0 Å². The van der Waals surface area contributed by atoms with Crippen molar-refractivity contribution in [2.45, 2.75) is 18.9 Å². The van der Waals surface area contributed by atoms with Gasteiger partial charge in [0.25, 0.3) is 0 Å². The zero-order valence-electron chi connectivity index (χ0n) is 14.1. The van der Waals surface area contributed by atoms with E-state index in [1.165, 1.54) is 0 Å². The summed E-state index contributed by atoms with van der Waals surface area (Å²) in [5.74, 6) is -0.768. The van der Waals surface area contributed by atoms with Gasteiger partial charge < -0.3 is 11.1 Å². The van der Waals surface area contributed by atoms with Crippen LogP contribution in [0.2, 0.25) is 0 Å². The highest BCUT2D eigenvalue weighted by molar-refractivity contribution is 9.10. The molecule has 0 saturated carbocycles. The summed E-state index contributed by atoms with van der Waals surface area (Å²) < 4.78 is 0.917. The van der Waals surface area contributed by atoms with Gasteiger partial charge in [0, 0.05) is 10.9 Å². The monoisotopic (exact) mass is 410 g/mol. The summed E-state index contributed by atoms with van der Waals surface area (Å²) in [5.41, 5.74) is 7.29. The molecule has 0 aliphatic rings. The maximum atomic E-state index is 12.4. The number of halogens is 1. The molecule has 0 spiro atoms. The topological polar surface area (TPSA) is 72.2 Å². The number of rotatable bonds is 6. The number of amides is 2. The fourth-order valence-electron chi connectivity index (χ4n) is 2.90. The van der Waals surface area contributed by atoms with Crippen LogP contribution in [0.15, 0.2) is 71.2 Å². The first-order valence-corrected chi connectivity index (χ1v) is 9.11. The summed E-state index contributed by atoms with van der Waals surface area (Å²) >= 11 is 3.40. The van der Waals surface area contributed by atoms with Crippen LogP contribution in [-0.2, 0) is 22.4 Å².